The minimum atomic E-state index is -7.07. The number of rotatable bonds is 5. The van der Waals surface area contributed by atoms with Gasteiger partial charge in [-0.3, -0.25) is 0 Å². The van der Waals surface area contributed by atoms with Gasteiger partial charge in [0, 0.05) is 0 Å². The third kappa shape index (κ3) is 2.70. The van der Waals surface area contributed by atoms with Gasteiger partial charge >= 0.3 is 29.9 Å². The minimum Gasteiger partial charge on any atom is -0.462 e. The Hall–Kier alpha value is -1.42. The molecule has 0 radical (unpaired) electrons. The zero-order valence-corrected chi connectivity index (χ0v) is 9.63. The Kier molecular flexibility index (Phi) is 4.80. The van der Waals surface area contributed by atoms with E-state index in [0.717, 1.165) is 6.92 Å². The van der Waals surface area contributed by atoms with Crippen LogP contribution < -0.4 is 0 Å². The summed E-state index contributed by atoms with van der Waals surface area (Å²) in [7, 11) is 0. The highest BCUT2D eigenvalue weighted by Crippen LogP contribution is 2.54. The summed E-state index contributed by atoms with van der Waals surface area (Å²) >= 11 is 0. The molecule has 0 spiro atoms. The molecular weight excluding hydrogens is 311 g/mol. The molecule has 0 bridgehead atoms. The second-order valence-electron chi connectivity index (χ2n) is 3.42. The number of hydrogen-bond donors (Lipinski definition) is 0. The maximum absolute atomic E-state index is 13.1. The summed E-state index contributed by atoms with van der Waals surface area (Å²) in [5, 5.41) is 0. The molecule has 0 rings (SSSR count). The van der Waals surface area contributed by atoms with Gasteiger partial charge in [0.25, 0.3) is 0 Å². The molecule has 20 heavy (non-hydrogen) atoms. The Morgan fingerprint density at radius 1 is 0.950 bits per heavy atom. The maximum atomic E-state index is 13.1. The molecule has 0 aromatic heterocycles. The Morgan fingerprint density at radius 3 is 1.65 bits per heavy atom. The highest BCUT2D eigenvalue weighted by molar-refractivity contribution is 5.89. The first-order chi connectivity index (χ1) is 8.64. The summed E-state index contributed by atoms with van der Waals surface area (Å²) in [5.74, 6) is -22.4. The van der Waals surface area contributed by atoms with Crippen LogP contribution in [0.3, 0.4) is 0 Å². The lowest BCUT2D eigenvalue weighted by atomic mass is 9.98. The molecule has 0 amide bonds. The van der Waals surface area contributed by atoms with Gasteiger partial charge in [0.2, 0.25) is 0 Å². The maximum Gasteiger partial charge on any atom is 0.460 e. The van der Waals surface area contributed by atoms with Gasteiger partial charge < -0.3 is 4.74 Å². The van der Waals surface area contributed by atoms with Gasteiger partial charge in [-0.05, 0) is 6.92 Å². The first-order valence-electron chi connectivity index (χ1n) is 4.71. The Bertz CT molecular complexity index is 397. The van der Waals surface area contributed by atoms with Crippen LogP contribution in [0.25, 0.3) is 0 Å². The van der Waals surface area contributed by atoms with Crippen molar-refractivity contribution in [1.29, 1.82) is 0 Å². The van der Waals surface area contributed by atoms with Crippen LogP contribution in [-0.4, -0.2) is 36.5 Å². The van der Waals surface area contributed by atoms with E-state index in [9.17, 15) is 44.3 Å². The van der Waals surface area contributed by atoms with Crippen molar-refractivity contribution in [3.63, 3.8) is 0 Å². The fourth-order valence-electron chi connectivity index (χ4n) is 0.911. The smallest absolute Gasteiger partial charge is 0.460 e. The van der Waals surface area contributed by atoms with E-state index in [2.05, 4.69) is 11.3 Å². The van der Waals surface area contributed by atoms with Crippen LogP contribution in [0.4, 0.5) is 39.5 Å². The molecule has 11 heteroatoms. The SMILES string of the molecule is C=C(C(=O)OCC)C(F)(F)C(F)(F)C(F)(F)C(F)(F)F. The molecule has 0 atom stereocenters. The Labute approximate surface area is 106 Å². The number of halogens is 9. The van der Waals surface area contributed by atoms with Crippen LogP contribution >= 0.6 is 0 Å². The van der Waals surface area contributed by atoms with E-state index < -0.39 is 42.1 Å². The summed E-state index contributed by atoms with van der Waals surface area (Å²) in [5.41, 5.74) is -2.51. The first kappa shape index (κ1) is 18.6. The zero-order valence-electron chi connectivity index (χ0n) is 9.63. The summed E-state index contributed by atoms with van der Waals surface area (Å²) < 4.78 is 116. The number of carbonyl (C=O) groups is 1. The molecule has 0 saturated carbocycles. The van der Waals surface area contributed by atoms with Crippen LogP contribution in [0, 0.1) is 0 Å². The highest BCUT2D eigenvalue weighted by Gasteiger charge is 2.82. The Balaban J connectivity index is 5.69. The zero-order chi connectivity index (χ0) is 16.6. The third-order valence-corrected chi connectivity index (χ3v) is 2.05. The van der Waals surface area contributed by atoms with Crippen LogP contribution in [0.15, 0.2) is 12.2 Å². The van der Waals surface area contributed by atoms with Crippen LogP contribution in [0.1, 0.15) is 6.92 Å². The van der Waals surface area contributed by atoms with E-state index in [0.29, 0.717) is 0 Å². The highest BCUT2D eigenvalue weighted by atomic mass is 19.4. The standard InChI is InChI=1S/C9H7F9O2/c1-3-20-5(19)4(2)6(10,11)7(12,13)8(14,15)9(16,17)18/h2-3H2,1H3. The molecule has 0 aromatic rings. The lowest BCUT2D eigenvalue weighted by Gasteiger charge is -2.33. The molecule has 0 aliphatic heterocycles. The lowest BCUT2D eigenvalue weighted by molar-refractivity contribution is -0.389. The van der Waals surface area contributed by atoms with Crippen LogP contribution in [-0.2, 0) is 9.53 Å². The molecule has 0 unspecified atom stereocenters. The predicted molar refractivity (Wildman–Crippen MR) is 46.7 cm³/mol. The third-order valence-electron chi connectivity index (χ3n) is 2.05. The second kappa shape index (κ2) is 5.17. The molecular formula is C9H7F9O2. The number of hydrogen-bond acceptors (Lipinski definition) is 2. The Morgan fingerprint density at radius 2 is 1.35 bits per heavy atom. The largest absolute Gasteiger partial charge is 0.462 e. The number of alkyl halides is 9. The van der Waals surface area contributed by atoms with Crippen molar-refractivity contribution in [2.24, 2.45) is 0 Å². The number of esters is 1. The molecule has 0 aromatic carbocycles. The quantitative estimate of drug-likeness (QED) is 0.440. The van der Waals surface area contributed by atoms with Gasteiger partial charge in [0.1, 0.15) is 5.57 Å². The molecule has 0 N–H and O–H groups in total. The lowest BCUT2D eigenvalue weighted by Crippen LogP contribution is -2.61. The average molecular weight is 318 g/mol. The molecule has 0 saturated heterocycles. The molecule has 0 aliphatic carbocycles. The van der Waals surface area contributed by atoms with Gasteiger partial charge in [-0.1, -0.05) is 6.58 Å². The molecule has 118 valence electrons. The van der Waals surface area contributed by atoms with E-state index >= 15 is 0 Å². The van der Waals surface area contributed by atoms with Crippen molar-refractivity contribution < 1.29 is 49.0 Å². The number of carbonyl (C=O) groups excluding carboxylic acids is 1. The summed E-state index contributed by atoms with van der Waals surface area (Å²) in [4.78, 5) is 10.8. The van der Waals surface area contributed by atoms with E-state index in [1.807, 2.05) is 0 Å². The van der Waals surface area contributed by atoms with Crippen molar-refractivity contribution in [3.8, 4) is 0 Å². The molecule has 2 nitrogen and oxygen atoms in total. The van der Waals surface area contributed by atoms with Crippen LogP contribution in [0.2, 0.25) is 0 Å². The van der Waals surface area contributed by atoms with Crippen molar-refractivity contribution in [3.05, 3.63) is 12.2 Å². The van der Waals surface area contributed by atoms with Gasteiger partial charge in [0.05, 0.1) is 6.61 Å². The normalized spacial score (nSPS) is 14.1. The average Bonchev–Trinajstić information content (AvgIpc) is 2.26. The van der Waals surface area contributed by atoms with E-state index in [-0.39, 0.29) is 0 Å². The van der Waals surface area contributed by atoms with Gasteiger partial charge in [0.15, 0.2) is 0 Å². The topological polar surface area (TPSA) is 26.3 Å². The van der Waals surface area contributed by atoms with Crippen molar-refractivity contribution >= 4 is 5.97 Å². The van der Waals surface area contributed by atoms with E-state index in [1.165, 1.54) is 0 Å². The predicted octanol–water partition coefficient (Wildman–Crippen LogP) is 3.57. The van der Waals surface area contributed by atoms with Crippen molar-refractivity contribution in [2.45, 2.75) is 30.9 Å². The monoisotopic (exact) mass is 318 g/mol. The van der Waals surface area contributed by atoms with Gasteiger partial charge in [-0.15, -0.1) is 0 Å². The molecule has 0 fully saturated rings. The van der Waals surface area contributed by atoms with Crippen molar-refractivity contribution in [1.82, 2.24) is 0 Å². The summed E-state index contributed by atoms with van der Waals surface area (Å²) in [6.07, 6.45) is -6.95. The molecule has 0 heterocycles. The van der Waals surface area contributed by atoms with Gasteiger partial charge in [-0.2, -0.15) is 39.5 Å². The van der Waals surface area contributed by atoms with Crippen LogP contribution in [0.5, 0.6) is 0 Å². The fourth-order valence-corrected chi connectivity index (χ4v) is 0.911. The second-order valence-corrected chi connectivity index (χ2v) is 3.42. The first-order valence-corrected chi connectivity index (χ1v) is 4.71. The van der Waals surface area contributed by atoms with E-state index in [1.54, 1.807) is 0 Å². The number of ether oxygens (including phenoxy) is 1. The summed E-state index contributed by atoms with van der Waals surface area (Å²) in [6, 6.07) is 0. The fraction of sp³-hybridized carbons (Fsp3) is 0.667. The minimum absolute atomic E-state index is 0.602. The van der Waals surface area contributed by atoms with E-state index in [4.69, 9.17) is 0 Å². The summed E-state index contributed by atoms with van der Waals surface area (Å²) in [6.45, 7) is 2.56. The molecule has 0 aliphatic rings. The van der Waals surface area contributed by atoms with Crippen molar-refractivity contribution in [2.75, 3.05) is 6.61 Å². The van der Waals surface area contributed by atoms with Gasteiger partial charge in [-0.25, -0.2) is 4.79 Å².